The number of rotatable bonds is 6. The molecule has 0 amide bonds. The molecule has 8 bridgehead atoms. The number of hydrogen-bond acceptors (Lipinski definition) is 10. The minimum absolute atomic E-state index is 0.0222. The Bertz CT molecular complexity index is 2310. The van der Waals surface area contributed by atoms with Crippen molar-refractivity contribution in [3.63, 3.8) is 0 Å². The van der Waals surface area contributed by atoms with Gasteiger partial charge in [-0.15, -0.1) is 0 Å². The van der Waals surface area contributed by atoms with Crippen molar-refractivity contribution < 1.29 is 29.4 Å². The molecule has 1 spiro atoms. The van der Waals surface area contributed by atoms with Crippen molar-refractivity contribution in [3.8, 4) is 35.4 Å². The third-order valence-corrected chi connectivity index (χ3v) is 16.5. The van der Waals surface area contributed by atoms with Crippen LogP contribution in [0.2, 0.25) is 0 Å². The van der Waals surface area contributed by atoms with Crippen molar-refractivity contribution >= 4 is 33.1 Å². The Balaban J connectivity index is 1.09. The third kappa shape index (κ3) is 7.41. The van der Waals surface area contributed by atoms with Gasteiger partial charge in [0.05, 0.1) is 23.3 Å². The number of Topliss-reactive ketones (excluding diaryl/α,β-unsaturated/α-hetero) is 1. The van der Waals surface area contributed by atoms with E-state index in [-0.39, 0.29) is 36.1 Å². The van der Waals surface area contributed by atoms with Crippen LogP contribution in [0.25, 0.3) is 0 Å². The average molecular weight is 830 g/mol. The van der Waals surface area contributed by atoms with Gasteiger partial charge in [-0.25, -0.2) is 0 Å². The lowest BCUT2D eigenvalue weighted by molar-refractivity contribution is -0.888. The number of nitrogens with one attached hydrogen (secondary N) is 2. The van der Waals surface area contributed by atoms with Crippen LogP contribution >= 0.6 is 21.6 Å². The molecule has 11 rings (SSSR count). The zero-order valence-electron chi connectivity index (χ0n) is 33.6. The van der Waals surface area contributed by atoms with Crippen molar-refractivity contribution in [2.24, 2.45) is 33.9 Å². The number of carbonyl (C=O) groups is 1. The number of carbonyl (C=O) groups excluding carboxylic acids is 1. The van der Waals surface area contributed by atoms with E-state index in [1.165, 1.54) is 5.56 Å². The summed E-state index contributed by atoms with van der Waals surface area (Å²) in [5.74, 6) is 13.7. The Hall–Kier alpha value is -3.78. The van der Waals surface area contributed by atoms with Gasteiger partial charge in [-0.1, -0.05) is 89.5 Å². The molecule has 6 N–H and O–H groups in total. The first-order chi connectivity index (χ1) is 28.7. The molecule has 7 aliphatic heterocycles. The number of aliphatic hydroxyl groups excluding tert-OH is 2. The fraction of sp³-hybridized carbons (Fsp3) is 0.500. The quantitative estimate of drug-likeness (QED) is 0.141. The SMILES string of the molecule is C[C@H]1C=C[C@H]([C@@H](O)CC(=O)CCc2ccc3c4c2CSSC[C@@H]2CN[C@H](N)c5ccc6c(c52)CC2=CN=C5C[NH+](C=C25)[C@@H](O4)[C@H](C#C[C@H]6O)C2(C#CO3)CCCC2)CC1. The van der Waals surface area contributed by atoms with Gasteiger partial charge in [0.1, 0.15) is 42.4 Å². The van der Waals surface area contributed by atoms with Gasteiger partial charge < -0.3 is 25.4 Å². The monoisotopic (exact) mass is 829 g/mol. The maximum Gasteiger partial charge on any atom is 0.252 e. The summed E-state index contributed by atoms with van der Waals surface area (Å²) in [5, 5.41) is 26.8. The van der Waals surface area contributed by atoms with Gasteiger partial charge in [0, 0.05) is 60.9 Å². The summed E-state index contributed by atoms with van der Waals surface area (Å²) in [6.07, 6.45) is 16.6. The molecule has 0 saturated heterocycles. The van der Waals surface area contributed by atoms with E-state index in [0.29, 0.717) is 49.0 Å². The van der Waals surface area contributed by atoms with Crippen LogP contribution in [0.5, 0.6) is 11.5 Å². The molecular weight excluding hydrogens is 777 g/mol. The van der Waals surface area contributed by atoms with E-state index in [0.717, 1.165) is 100 Å². The molecule has 0 aromatic heterocycles. The minimum atomic E-state index is -1.02. The summed E-state index contributed by atoms with van der Waals surface area (Å²) < 4.78 is 13.9. The Morgan fingerprint density at radius 3 is 2.83 bits per heavy atom. The molecular formula is C48H53N4O5S2+. The number of hydrogen-bond donors (Lipinski definition) is 5. The topological polar surface area (TPSA) is 131 Å². The van der Waals surface area contributed by atoms with Crippen LogP contribution in [-0.4, -0.2) is 52.9 Å². The lowest BCUT2D eigenvalue weighted by Crippen LogP contribution is -3.13. The van der Waals surface area contributed by atoms with E-state index < -0.39 is 23.9 Å². The second kappa shape index (κ2) is 16.2. The molecule has 2 aromatic rings. The third-order valence-electron chi connectivity index (χ3n) is 14.1. The number of aliphatic imine (C=N–C) groups is 1. The number of nitrogens with two attached hydrogens (primary N) is 1. The van der Waals surface area contributed by atoms with Crippen LogP contribution in [-0.2, 0) is 23.4 Å². The number of aliphatic hydroxyl groups is 2. The molecule has 1 saturated carbocycles. The van der Waals surface area contributed by atoms with Gasteiger partial charge in [0.2, 0.25) is 0 Å². The van der Waals surface area contributed by atoms with Gasteiger partial charge in [0.15, 0.2) is 11.5 Å². The zero-order chi connectivity index (χ0) is 40.3. The largest absolute Gasteiger partial charge is 0.437 e. The maximum atomic E-state index is 13.5. The Kier molecular flexibility index (Phi) is 10.8. The van der Waals surface area contributed by atoms with E-state index in [1.807, 2.05) is 29.1 Å². The Morgan fingerprint density at radius 1 is 1.12 bits per heavy atom. The first kappa shape index (κ1) is 39.4. The van der Waals surface area contributed by atoms with Gasteiger partial charge in [-0.2, -0.15) is 0 Å². The minimum Gasteiger partial charge on any atom is -0.437 e. The van der Waals surface area contributed by atoms with Gasteiger partial charge >= 0.3 is 0 Å². The maximum absolute atomic E-state index is 13.5. The molecule has 9 atom stereocenters. The van der Waals surface area contributed by atoms with E-state index in [2.05, 4.69) is 66.6 Å². The van der Waals surface area contributed by atoms with Crippen molar-refractivity contribution in [2.75, 3.05) is 18.8 Å². The number of nitrogens with zero attached hydrogens (tertiary/aromatic N) is 1. The molecule has 2 aromatic carbocycles. The summed E-state index contributed by atoms with van der Waals surface area (Å²) >= 11 is 0. The lowest BCUT2D eigenvalue weighted by Gasteiger charge is -2.36. The number of ketones is 1. The van der Waals surface area contributed by atoms with Crippen molar-refractivity contribution in [1.29, 1.82) is 0 Å². The van der Waals surface area contributed by atoms with Gasteiger partial charge in [-0.3, -0.25) is 20.0 Å². The first-order valence-corrected chi connectivity index (χ1v) is 24.0. The number of benzene rings is 2. The molecule has 1 unspecified atom stereocenters. The summed E-state index contributed by atoms with van der Waals surface area (Å²) in [7, 11) is 3.60. The van der Waals surface area contributed by atoms with Crippen LogP contribution in [0.3, 0.4) is 0 Å². The van der Waals surface area contributed by atoms with Crippen LogP contribution in [0.15, 0.2) is 65.0 Å². The summed E-state index contributed by atoms with van der Waals surface area (Å²) in [6, 6.07) is 8.14. The molecule has 2 aliphatic carbocycles. The fourth-order valence-corrected chi connectivity index (χ4v) is 13.2. The summed E-state index contributed by atoms with van der Waals surface area (Å²) in [5.41, 5.74) is 15.8. The normalized spacial score (nSPS) is 31.3. The second-order valence-corrected chi connectivity index (χ2v) is 20.3. The molecule has 59 heavy (non-hydrogen) atoms. The predicted octanol–water partition coefficient (Wildman–Crippen LogP) is 5.73. The van der Waals surface area contributed by atoms with Crippen molar-refractivity contribution in [3.05, 3.63) is 93.3 Å². The van der Waals surface area contributed by atoms with Crippen LogP contribution in [0, 0.1) is 47.0 Å². The van der Waals surface area contributed by atoms with E-state index in [9.17, 15) is 15.0 Å². The smallest absolute Gasteiger partial charge is 0.252 e. The summed E-state index contributed by atoms with van der Waals surface area (Å²) in [6.45, 7) is 3.55. The fourth-order valence-electron chi connectivity index (χ4n) is 10.7. The highest BCUT2D eigenvalue weighted by Gasteiger charge is 2.51. The van der Waals surface area contributed by atoms with E-state index in [1.54, 1.807) is 10.8 Å². The molecule has 1 fully saturated rings. The Labute approximate surface area is 355 Å². The average Bonchev–Trinajstić information content (AvgIpc) is 3.98. The van der Waals surface area contributed by atoms with Crippen molar-refractivity contribution in [2.45, 2.75) is 107 Å². The molecule has 9 aliphatic rings. The van der Waals surface area contributed by atoms with Crippen LogP contribution < -0.4 is 25.4 Å². The van der Waals surface area contributed by atoms with E-state index in [4.69, 9.17) is 20.2 Å². The number of quaternary nitrogens is 1. The number of allylic oxidation sites excluding steroid dienone is 2. The molecule has 0 radical (unpaired) electrons. The van der Waals surface area contributed by atoms with Gasteiger partial charge in [-0.05, 0) is 77.5 Å². The summed E-state index contributed by atoms with van der Waals surface area (Å²) in [4.78, 5) is 19.7. The predicted molar refractivity (Wildman–Crippen MR) is 232 cm³/mol. The standard InChI is InChI=1S/C48H52N4O5S2/c1-28-4-6-30(7-5-28)42(55)21-33(53)10-8-29-9-15-43-45-38(29)27-59-58-26-32-23-51-46(49)35-12-11-34-36(44(32)35)20-31-22-50-40-25-52(24-37(31)40)47(57-45)39(13-14-41(34)54)48(18-19-56-43)16-2-3-17-48/h4,6,9,11-12,15,22,24,28,30,32,39,41-42,46-47,51,54-55H,2-3,5,7-8,10,16-17,20-21,23,25-27,49H2,1H3/p+1/t28-,30-,32-,39-,41+,42-,46-,47-/m0/s1. The van der Waals surface area contributed by atoms with Crippen LogP contribution in [0.4, 0.5) is 0 Å². The molecule has 306 valence electrons. The van der Waals surface area contributed by atoms with E-state index >= 15 is 0 Å². The zero-order valence-corrected chi connectivity index (χ0v) is 35.2. The number of ether oxygens (including phenoxy) is 2. The Morgan fingerprint density at radius 2 is 1.98 bits per heavy atom. The lowest BCUT2D eigenvalue weighted by atomic mass is 9.73. The molecule has 9 nitrogen and oxygen atoms in total. The van der Waals surface area contributed by atoms with Gasteiger partial charge in [0.25, 0.3) is 6.23 Å². The van der Waals surface area contributed by atoms with Crippen LogP contribution in [0.1, 0.15) is 110 Å². The van der Waals surface area contributed by atoms with Crippen molar-refractivity contribution in [1.82, 2.24) is 5.32 Å². The first-order valence-electron chi connectivity index (χ1n) is 21.5. The molecule has 11 heteroatoms. The molecule has 7 heterocycles. The highest BCUT2D eigenvalue weighted by molar-refractivity contribution is 8.76. The number of fused-ring (bicyclic) bond motifs is 4. The highest BCUT2D eigenvalue weighted by Crippen LogP contribution is 2.49. The second-order valence-electron chi connectivity index (χ2n) is 17.8. The highest BCUT2D eigenvalue weighted by atomic mass is 33.1. The number of aryl methyl sites for hydroxylation is 1.